The molecule has 1 nitrogen and oxygen atoms in total. The molecule has 0 aliphatic heterocycles. The summed E-state index contributed by atoms with van der Waals surface area (Å²) in [6, 6.07) is 0. The first-order chi connectivity index (χ1) is 8.85. The maximum absolute atomic E-state index is 5.64. The third-order valence-corrected chi connectivity index (χ3v) is 3.81. The van der Waals surface area contributed by atoms with Crippen molar-refractivity contribution in [2.75, 3.05) is 6.54 Å². The summed E-state index contributed by atoms with van der Waals surface area (Å²) < 4.78 is 0. The molecular formula is C17H36ClN. The lowest BCUT2D eigenvalue weighted by atomic mass is 10.00. The molecule has 0 aromatic heterocycles. The minimum atomic E-state index is 0. The van der Waals surface area contributed by atoms with E-state index in [0.717, 1.165) is 6.54 Å². The Labute approximate surface area is 127 Å². The first-order valence-electron chi connectivity index (χ1n) is 8.17. The molecule has 0 bridgehead atoms. The van der Waals surface area contributed by atoms with Crippen LogP contribution in [-0.2, 0) is 0 Å². The summed E-state index contributed by atoms with van der Waals surface area (Å²) in [5, 5.41) is 0. The summed E-state index contributed by atoms with van der Waals surface area (Å²) in [7, 11) is 0. The molecule has 0 spiro atoms. The molecule has 1 unspecified atom stereocenters. The molecule has 2 heteroatoms. The Bertz CT molecular complexity index is 171. The van der Waals surface area contributed by atoms with Gasteiger partial charge in [-0.05, 0) is 18.9 Å². The van der Waals surface area contributed by atoms with Gasteiger partial charge in [0, 0.05) is 0 Å². The predicted molar refractivity (Wildman–Crippen MR) is 91.1 cm³/mol. The fourth-order valence-electron chi connectivity index (χ4n) is 2.40. The lowest BCUT2D eigenvalue weighted by Gasteiger charge is -2.08. The van der Waals surface area contributed by atoms with E-state index in [0.29, 0.717) is 5.92 Å². The summed E-state index contributed by atoms with van der Waals surface area (Å²) in [6.45, 7) is 6.87. The topological polar surface area (TPSA) is 26.0 Å². The van der Waals surface area contributed by atoms with Crippen LogP contribution in [0, 0.1) is 5.92 Å². The highest BCUT2D eigenvalue weighted by Gasteiger charge is 2.00. The molecule has 0 saturated heterocycles. The Morgan fingerprint density at radius 3 is 1.63 bits per heavy atom. The normalized spacial score (nSPS) is 11.9. The Balaban J connectivity index is 0. The van der Waals surface area contributed by atoms with E-state index in [-0.39, 0.29) is 12.4 Å². The van der Waals surface area contributed by atoms with Crippen molar-refractivity contribution in [2.45, 2.75) is 84.0 Å². The van der Waals surface area contributed by atoms with Crippen LogP contribution in [0.4, 0.5) is 0 Å². The number of hydrogen-bond donors (Lipinski definition) is 1. The monoisotopic (exact) mass is 289 g/mol. The van der Waals surface area contributed by atoms with Crippen LogP contribution in [0.15, 0.2) is 12.7 Å². The molecule has 2 N–H and O–H groups in total. The van der Waals surface area contributed by atoms with Crippen LogP contribution in [0.25, 0.3) is 0 Å². The molecule has 0 radical (unpaired) electrons. The van der Waals surface area contributed by atoms with Gasteiger partial charge in [0.1, 0.15) is 0 Å². The maximum atomic E-state index is 5.64. The van der Waals surface area contributed by atoms with Crippen LogP contribution in [0.1, 0.15) is 84.0 Å². The molecule has 0 rings (SSSR count). The molecule has 0 aromatic carbocycles. The zero-order valence-electron chi connectivity index (χ0n) is 13.0. The molecule has 0 saturated carbocycles. The van der Waals surface area contributed by atoms with E-state index in [1.165, 1.54) is 77.0 Å². The molecule has 0 amide bonds. The number of rotatable bonds is 14. The molecule has 0 fully saturated rings. The van der Waals surface area contributed by atoms with Crippen LogP contribution in [0.3, 0.4) is 0 Å². The third kappa shape index (κ3) is 15.9. The number of halogens is 1. The highest BCUT2D eigenvalue weighted by Crippen LogP contribution is 2.14. The molecule has 0 aliphatic rings. The first kappa shape index (κ1) is 21.3. The standard InChI is InChI=1S/C17H35N.ClH/c1-3-5-6-7-8-9-10-11-12-13-14-15-17(4-2)16-18;/h4,17H,2-3,5-16,18H2,1H3;1H. The van der Waals surface area contributed by atoms with Gasteiger partial charge in [0.2, 0.25) is 0 Å². The maximum Gasteiger partial charge on any atom is -0.00143 e. The quantitative estimate of drug-likeness (QED) is 0.314. The predicted octanol–water partition coefficient (Wildman–Crippen LogP) is 5.87. The van der Waals surface area contributed by atoms with Gasteiger partial charge in [-0.15, -0.1) is 19.0 Å². The van der Waals surface area contributed by atoms with E-state index in [4.69, 9.17) is 5.73 Å². The second kappa shape index (κ2) is 18.0. The highest BCUT2D eigenvalue weighted by atomic mass is 35.5. The SMILES string of the molecule is C=CC(CN)CCCCCCCCCCCCC.Cl. The van der Waals surface area contributed by atoms with Gasteiger partial charge in [-0.3, -0.25) is 0 Å². The summed E-state index contributed by atoms with van der Waals surface area (Å²) in [6.07, 6.45) is 18.8. The van der Waals surface area contributed by atoms with E-state index in [1.54, 1.807) is 0 Å². The number of nitrogens with two attached hydrogens (primary N) is 1. The minimum absolute atomic E-state index is 0. The van der Waals surface area contributed by atoms with E-state index in [9.17, 15) is 0 Å². The molecule has 0 aromatic rings. The fourth-order valence-corrected chi connectivity index (χ4v) is 2.40. The van der Waals surface area contributed by atoms with Crippen molar-refractivity contribution in [1.82, 2.24) is 0 Å². The van der Waals surface area contributed by atoms with Gasteiger partial charge in [-0.2, -0.15) is 0 Å². The molecule has 116 valence electrons. The van der Waals surface area contributed by atoms with Crippen LogP contribution in [0.2, 0.25) is 0 Å². The van der Waals surface area contributed by atoms with Gasteiger partial charge in [0.05, 0.1) is 0 Å². The lowest BCUT2D eigenvalue weighted by Crippen LogP contribution is -2.11. The third-order valence-electron chi connectivity index (χ3n) is 3.81. The average molecular weight is 290 g/mol. The molecule has 1 atom stereocenters. The zero-order chi connectivity index (χ0) is 13.5. The van der Waals surface area contributed by atoms with Gasteiger partial charge >= 0.3 is 0 Å². The Morgan fingerprint density at radius 1 is 0.842 bits per heavy atom. The lowest BCUT2D eigenvalue weighted by molar-refractivity contribution is 0.513. The summed E-state index contributed by atoms with van der Waals surface area (Å²) in [5.74, 6) is 0.545. The summed E-state index contributed by atoms with van der Waals surface area (Å²) in [5.41, 5.74) is 5.64. The van der Waals surface area contributed by atoms with Crippen molar-refractivity contribution in [3.05, 3.63) is 12.7 Å². The van der Waals surface area contributed by atoms with Gasteiger partial charge in [0.15, 0.2) is 0 Å². The van der Waals surface area contributed by atoms with Crippen molar-refractivity contribution in [3.8, 4) is 0 Å². The first-order valence-corrected chi connectivity index (χ1v) is 8.17. The van der Waals surface area contributed by atoms with Crippen molar-refractivity contribution < 1.29 is 0 Å². The molecule has 19 heavy (non-hydrogen) atoms. The Morgan fingerprint density at radius 2 is 1.26 bits per heavy atom. The van der Waals surface area contributed by atoms with E-state index in [2.05, 4.69) is 13.5 Å². The molecular weight excluding hydrogens is 254 g/mol. The second-order valence-corrected chi connectivity index (χ2v) is 5.56. The van der Waals surface area contributed by atoms with Crippen molar-refractivity contribution in [1.29, 1.82) is 0 Å². The number of hydrogen-bond acceptors (Lipinski definition) is 1. The zero-order valence-corrected chi connectivity index (χ0v) is 13.9. The summed E-state index contributed by atoms with van der Waals surface area (Å²) in [4.78, 5) is 0. The van der Waals surface area contributed by atoms with Gasteiger partial charge in [0.25, 0.3) is 0 Å². The van der Waals surface area contributed by atoms with Gasteiger partial charge in [-0.1, -0.05) is 83.6 Å². The average Bonchev–Trinajstić information content (AvgIpc) is 2.40. The van der Waals surface area contributed by atoms with E-state index in [1.807, 2.05) is 6.08 Å². The second-order valence-electron chi connectivity index (χ2n) is 5.56. The van der Waals surface area contributed by atoms with Crippen molar-refractivity contribution >= 4 is 12.4 Å². The van der Waals surface area contributed by atoms with Crippen LogP contribution < -0.4 is 5.73 Å². The van der Waals surface area contributed by atoms with Crippen molar-refractivity contribution in [2.24, 2.45) is 11.7 Å². The Hall–Kier alpha value is -0.0100. The van der Waals surface area contributed by atoms with E-state index >= 15 is 0 Å². The Kier molecular flexibility index (Phi) is 20.2. The number of unbranched alkanes of at least 4 members (excludes halogenated alkanes) is 10. The van der Waals surface area contributed by atoms with Crippen molar-refractivity contribution in [3.63, 3.8) is 0 Å². The van der Waals surface area contributed by atoms with Crippen LogP contribution >= 0.6 is 12.4 Å². The smallest absolute Gasteiger partial charge is 0.00143 e. The fraction of sp³-hybridized carbons (Fsp3) is 0.882. The summed E-state index contributed by atoms with van der Waals surface area (Å²) >= 11 is 0. The van der Waals surface area contributed by atoms with E-state index < -0.39 is 0 Å². The molecule has 0 heterocycles. The largest absolute Gasteiger partial charge is 0.330 e. The van der Waals surface area contributed by atoms with Crippen LogP contribution in [-0.4, -0.2) is 6.54 Å². The highest BCUT2D eigenvalue weighted by molar-refractivity contribution is 5.85. The van der Waals surface area contributed by atoms with Crippen LogP contribution in [0.5, 0.6) is 0 Å². The minimum Gasteiger partial charge on any atom is -0.330 e. The van der Waals surface area contributed by atoms with Gasteiger partial charge < -0.3 is 5.73 Å². The molecule has 0 aliphatic carbocycles. The van der Waals surface area contributed by atoms with Gasteiger partial charge in [-0.25, -0.2) is 0 Å².